The SMILES string of the molecule is CCOc1cccc(/C(O)=C2/C(=O)C(=O)N(CC3CCCO3)C2c2cccs2)c1. The second-order valence-electron chi connectivity index (χ2n) is 7.06. The van der Waals surface area contributed by atoms with Crippen molar-refractivity contribution in [1.29, 1.82) is 0 Å². The predicted molar refractivity (Wildman–Crippen MR) is 110 cm³/mol. The molecule has 2 fully saturated rings. The third-order valence-corrected chi connectivity index (χ3v) is 6.12. The van der Waals surface area contributed by atoms with Crippen LogP contribution in [0.5, 0.6) is 5.75 Å². The molecule has 0 bridgehead atoms. The highest BCUT2D eigenvalue weighted by Gasteiger charge is 2.47. The van der Waals surface area contributed by atoms with Gasteiger partial charge in [0.25, 0.3) is 11.7 Å². The van der Waals surface area contributed by atoms with Crippen LogP contribution in [0.4, 0.5) is 0 Å². The van der Waals surface area contributed by atoms with E-state index in [1.807, 2.05) is 24.4 Å². The summed E-state index contributed by atoms with van der Waals surface area (Å²) >= 11 is 1.46. The van der Waals surface area contributed by atoms with E-state index < -0.39 is 17.7 Å². The number of Topliss-reactive ketones (excluding diaryl/α,β-unsaturated/α-hetero) is 1. The molecule has 2 aliphatic rings. The Hall–Kier alpha value is -2.64. The third kappa shape index (κ3) is 3.80. The maximum atomic E-state index is 12.9. The van der Waals surface area contributed by atoms with Crippen molar-refractivity contribution in [3.63, 3.8) is 0 Å². The Morgan fingerprint density at radius 2 is 2.17 bits per heavy atom. The highest BCUT2D eigenvalue weighted by molar-refractivity contribution is 7.10. The fourth-order valence-corrected chi connectivity index (χ4v) is 4.72. The van der Waals surface area contributed by atoms with Gasteiger partial charge < -0.3 is 19.5 Å². The number of amides is 1. The van der Waals surface area contributed by atoms with Crippen molar-refractivity contribution < 1.29 is 24.2 Å². The Labute approximate surface area is 173 Å². The number of ether oxygens (including phenoxy) is 2. The number of likely N-dealkylation sites (tertiary alicyclic amines) is 1. The third-order valence-electron chi connectivity index (χ3n) is 5.20. The van der Waals surface area contributed by atoms with Gasteiger partial charge in [-0.1, -0.05) is 18.2 Å². The van der Waals surface area contributed by atoms with Crippen LogP contribution in [0.15, 0.2) is 47.4 Å². The molecule has 0 radical (unpaired) electrons. The predicted octanol–water partition coefficient (Wildman–Crippen LogP) is 3.75. The van der Waals surface area contributed by atoms with Gasteiger partial charge in [-0.3, -0.25) is 9.59 Å². The maximum absolute atomic E-state index is 12.9. The molecule has 2 unspecified atom stereocenters. The number of hydrogen-bond donors (Lipinski definition) is 1. The van der Waals surface area contributed by atoms with Crippen LogP contribution in [0, 0.1) is 0 Å². The summed E-state index contributed by atoms with van der Waals surface area (Å²) in [4.78, 5) is 28.2. The number of aliphatic hydroxyl groups excluding tert-OH is 1. The van der Waals surface area contributed by atoms with E-state index in [0.717, 1.165) is 17.7 Å². The first-order valence-electron chi connectivity index (χ1n) is 9.76. The number of aliphatic hydroxyl groups is 1. The molecule has 7 heteroatoms. The average Bonchev–Trinajstić information content (AvgIpc) is 3.47. The molecule has 2 aromatic rings. The molecule has 2 saturated heterocycles. The van der Waals surface area contributed by atoms with Crippen molar-refractivity contribution in [2.45, 2.75) is 31.9 Å². The lowest BCUT2D eigenvalue weighted by Crippen LogP contribution is -2.36. The minimum absolute atomic E-state index is 0.0861. The lowest BCUT2D eigenvalue weighted by molar-refractivity contribution is -0.140. The fraction of sp³-hybridized carbons (Fsp3) is 0.364. The van der Waals surface area contributed by atoms with Gasteiger partial charge in [-0.25, -0.2) is 0 Å². The second kappa shape index (κ2) is 8.39. The fourth-order valence-electron chi connectivity index (χ4n) is 3.87. The molecule has 4 rings (SSSR count). The monoisotopic (exact) mass is 413 g/mol. The van der Waals surface area contributed by atoms with Crippen LogP contribution in [0.25, 0.3) is 5.76 Å². The molecular weight excluding hydrogens is 390 g/mol. The van der Waals surface area contributed by atoms with E-state index in [0.29, 0.717) is 31.1 Å². The summed E-state index contributed by atoms with van der Waals surface area (Å²) in [6.45, 7) is 3.37. The lowest BCUT2D eigenvalue weighted by atomic mass is 9.99. The van der Waals surface area contributed by atoms with Gasteiger partial charge in [0.2, 0.25) is 0 Å². The number of thiophene rings is 1. The van der Waals surface area contributed by atoms with Gasteiger partial charge in [0.05, 0.1) is 24.3 Å². The molecule has 29 heavy (non-hydrogen) atoms. The number of hydrogen-bond acceptors (Lipinski definition) is 6. The summed E-state index contributed by atoms with van der Waals surface area (Å²) in [7, 11) is 0. The van der Waals surface area contributed by atoms with Gasteiger partial charge in [0.1, 0.15) is 11.5 Å². The van der Waals surface area contributed by atoms with Gasteiger partial charge in [-0.2, -0.15) is 0 Å². The first-order chi connectivity index (χ1) is 14.1. The van der Waals surface area contributed by atoms with E-state index in [1.165, 1.54) is 11.3 Å². The highest BCUT2D eigenvalue weighted by atomic mass is 32.1. The Morgan fingerprint density at radius 3 is 2.86 bits per heavy atom. The van der Waals surface area contributed by atoms with Crippen LogP contribution in [-0.2, 0) is 14.3 Å². The molecule has 3 heterocycles. The summed E-state index contributed by atoms with van der Waals surface area (Å²) in [5, 5.41) is 12.9. The van der Waals surface area contributed by atoms with Crippen molar-refractivity contribution in [2.24, 2.45) is 0 Å². The van der Waals surface area contributed by atoms with Crippen LogP contribution in [0.1, 0.15) is 36.2 Å². The first-order valence-corrected chi connectivity index (χ1v) is 10.6. The van der Waals surface area contributed by atoms with Crippen molar-refractivity contribution in [2.75, 3.05) is 19.8 Å². The number of rotatable bonds is 6. The molecular formula is C22H23NO5S. The second-order valence-corrected chi connectivity index (χ2v) is 8.04. The van der Waals surface area contributed by atoms with Crippen LogP contribution >= 0.6 is 11.3 Å². The van der Waals surface area contributed by atoms with E-state index in [1.54, 1.807) is 29.2 Å². The van der Waals surface area contributed by atoms with Crippen molar-refractivity contribution in [3.8, 4) is 5.75 Å². The average molecular weight is 413 g/mol. The normalized spacial score (nSPS) is 23.7. The molecule has 6 nitrogen and oxygen atoms in total. The molecule has 1 aromatic carbocycles. The Bertz CT molecular complexity index is 930. The molecule has 152 valence electrons. The Kier molecular flexibility index (Phi) is 5.69. The van der Waals surface area contributed by atoms with Gasteiger partial charge in [0, 0.05) is 23.6 Å². The zero-order valence-corrected chi connectivity index (χ0v) is 17.0. The van der Waals surface area contributed by atoms with Crippen molar-refractivity contribution in [3.05, 3.63) is 57.8 Å². The van der Waals surface area contributed by atoms with Crippen molar-refractivity contribution >= 4 is 28.8 Å². The number of benzene rings is 1. The smallest absolute Gasteiger partial charge is 0.295 e. The Balaban J connectivity index is 1.77. The minimum atomic E-state index is -0.666. The van der Waals surface area contributed by atoms with Crippen molar-refractivity contribution in [1.82, 2.24) is 4.90 Å². The number of ketones is 1. The zero-order chi connectivity index (χ0) is 20.4. The Morgan fingerprint density at radius 1 is 1.31 bits per heavy atom. The van der Waals surface area contributed by atoms with Gasteiger partial charge in [0.15, 0.2) is 0 Å². The standard InChI is InChI=1S/C22H23NO5S/c1-2-27-15-7-3-6-14(12-15)20(24)18-19(17-9-5-11-29-17)23(22(26)21(18)25)13-16-8-4-10-28-16/h3,5-7,9,11-12,16,19,24H,2,4,8,10,13H2,1H3/b20-18-. The van der Waals surface area contributed by atoms with E-state index in [-0.39, 0.29) is 17.4 Å². The summed E-state index contributed by atoms with van der Waals surface area (Å²) in [5.74, 6) is -0.849. The molecule has 0 aliphatic carbocycles. The largest absolute Gasteiger partial charge is 0.507 e. The number of carbonyl (C=O) groups excluding carboxylic acids is 2. The summed E-state index contributed by atoms with van der Waals surface area (Å²) in [6, 6.07) is 10.1. The van der Waals surface area contributed by atoms with Crippen LogP contribution in [0.2, 0.25) is 0 Å². The highest BCUT2D eigenvalue weighted by Crippen LogP contribution is 2.41. The van der Waals surface area contributed by atoms with Crippen LogP contribution < -0.4 is 4.74 Å². The topological polar surface area (TPSA) is 76.1 Å². The molecule has 0 saturated carbocycles. The van der Waals surface area contributed by atoms with Gasteiger partial charge in [-0.15, -0.1) is 11.3 Å². The molecule has 0 spiro atoms. The first kappa shape index (κ1) is 19.7. The summed E-state index contributed by atoms with van der Waals surface area (Å²) in [6.07, 6.45) is 1.72. The lowest BCUT2D eigenvalue weighted by Gasteiger charge is -2.26. The molecule has 1 aromatic heterocycles. The van der Waals surface area contributed by atoms with Gasteiger partial charge >= 0.3 is 0 Å². The maximum Gasteiger partial charge on any atom is 0.295 e. The number of nitrogens with zero attached hydrogens (tertiary/aromatic N) is 1. The van der Waals surface area contributed by atoms with E-state index in [2.05, 4.69) is 0 Å². The van der Waals surface area contributed by atoms with Gasteiger partial charge in [-0.05, 0) is 43.3 Å². The molecule has 2 aliphatic heterocycles. The quantitative estimate of drug-likeness (QED) is 0.443. The zero-order valence-electron chi connectivity index (χ0n) is 16.2. The molecule has 1 amide bonds. The molecule has 1 N–H and O–H groups in total. The number of carbonyl (C=O) groups is 2. The van der Waals surface area contributed by atoms with Crippen LogP contribution in [0.3, 0.4) is 0 Å². The molecule has 2 atom stereocenters. The minimum Gasteiger partial charge on any atom is -0.507 e. The summed E-state index contributed by atoms with van der Waals surface area (Å²) < 4.78 is 11.2. The van der Waals surface area contributed by atoms with E-state index in [4.69, 9.17) is 9.47 Å². The van der Waals surface area contributed by atoms with Crippen LogP contribution in [-0.4, -0.2) is 47.6 Å². The summed E-state index contributed by atoms with van der Waals surface area (Å²) in [5.41, 5.74) is 0.566. The van der Waals surface area contributed by atoms with E-state index in [9.17, 15) is 14.7 Å². The van der Waals surface area contributed by atoms with E-state index >= 15 is 0 Å².